The first-order valence-electron chi connectivity index (χ1n) is 7.34. The third kappa shape index (κ3) is 4.80. The van der Waals surface area contributed by atoms with E-state index in [9.17, 15) is 14.9 Å². The van der Waals surface area contributed by atoms with E-state index < -0.39 is 4.92 Å². The second kappa shape index (κ2) is 7.88. The van der Waals surface area contributed by atoms with Crippen molar-refractivity contribution in [2.75, 3.05) is 27.2 Å². The van der Waals surface area contributed by atoms with Crippen LogP contribution < -0.4 is 5.32 Å². The Kier molecular flexibility index (Phi) is 6.48. The van der Waals surface area contributed by atoms with E-state index in [1.54, 1.807) is 20.8 Å². The molecule has 0 saturated carbocycles. The quantitative estimate of drug-likeness (QED) is 0.441. The molecule has 0 spiro atoms. The molecular weight excluding hydrogens is 286 g/mol. The molecule has 124 valence electrons. The SMILES string of the molecule is Cc1nn(CC(C)C(=O)NCCCN(C)C)c(C)c1[N+](=O)[O-]. The Morgan fingerprint density at radius 3 is 2.59 bits per heavy atom. The van der Waals surface area contributed by atoms with E-state index in [0.717, 1.165) is 13.0 Å². The predicted molar refractivity (Wildman–Crippen MR) is 83.7 cm³/mol. The number of aryl methyl sites for hydroxylation is 1. The van der Waals surface area contributed by atoms with Crippen molar-refractivity contribution in [2.24, 2.45) is 5.92 Å². The number of hydrogen-bond acceptors (Lipinski definition) is 5. The molecule has 1 atom stereocenters. The van der Waals surface area contributed by atoms with Crippen molar-refractivity contribution in [3.05, 3.63) is 21.5 Å². The van der Waals surface area contributed by atoms with Crippen molar-refractivity contribution in [3.8, 4) is 0 Å². The number of carbonyl (C=O) groups excluding carboxylic acids is 1. The number of amides is 1. The molecule has 0 aliphatic rings. The molecule has 22 heavy (non-hydrogen) atoms. The van der Waals surface area contributed by atoms with E-state index in [4.69, 9.17) is 0 Å². The second-order valence-electron chi connectivity index (χ2n) is 5.81. The minimum Gasteiger partial charge on any atom is -0.356 e. The van der Waals surface area contributed by atoms with Gasteiger partial charge >= 0.3 is 5.69 Å². The summed E-state index contributed by atoms with van der Waals surface area (Å²) in [6.07, 6.45) is 0.886. The fraction of sp³-hybridized carbons (Fsp3) is 0.714. The molecule has 0 aromatic carbocycles. The zero-order chi connectivity index (χ0) is 16.9. The number of aromatic nitrogens is 2. The zero-order valence-corrected chi connectivity index (χ0v) is 13.9. The van der Waals surface area contributed by atoms with E-state index in [-0.39, 0.29) is 17.5 Å². The number of nitrogens with zero attached hydrogens (tertiary/aromatic N) is 4. The molecule has 0 aliphatic heterocycles. The van der Waals surface area contributed by atoms with Crippen molar-refractivity contribution in [2.45, 2.75) is 33.7 Å². The Labute approximate surface area is 130 Å². The molecular formula is C14H25N5O3. The third-order valence-corrected chi connectivity index (χ3v) is 3.50. The van der Waals surface area contributed by atoms with Crippen LogP contribution in [0.4, 0.5) is 5.69 Å². The Hall–Kier alpha value is -1.96. The largest absolute Gasteiger partial charge is 0.356 e. The van der Waals surface area contributed by atoms with Gasteiger partial charge in [0.05, 0.1) is 17.4 Å². The molecule has 0 radical (unpaired) electrons. The van der Waals surface area contributed by atoms with E-state index in [1.165, 1.54) is 4.68 Å². The average Bonchev–Trinajstić information content (AvgIpc) is 2.68. The lowest BCUT2D eigenvalue weighted by atomic mass is 10.1. The van der Waals surface area contributed by atoms with Crippen LogP contribution in [-0.4, -0.2) is 52.7 Å². The maximum absolute atomic E-state index is 12.0. The Morgan fingerprint density at radius 2 is 2.09 bits per heavy atom. The lowest BCUT2D eigenvalue weighted by Crippen LogP contribution is -2.33. The van der Waals surface area contributed by atoms with Gasteiger partial charge < -0.3 is 10.2 Å². The van der Waals surface area contributed by atoms with Crippen LogP contribution in [0.3, 0.4) is 0 Å². The number of hydrogen-bond donors (Lipinski definition) is 1. The van der Waals surface area contributed by atoms with Crippen LogP contribution in [0.2, 0.25) is 0 Å². The first-order chi connectivity index (χ1) is 10.2. The van der Waals surface area contributed by atoms with Gasteiger partial charge in [-0.05, 0) is 40.9 Å². The van der Waals surface area contributed by atoms with E-state index >= 15 is 0 Å². The molecule has 0 fully saturated rings. The van der Waals surface area contributed by atoms with Crippen LogP contribution in [0.1, 0.15) is 24.7 Å². The molecule has 1 unspecified atom stereocenters. The molecule has 0 saturated heterocycles. The number of carbonyl (C=O) groups is 1. The van der Waals surface area contributed by atoms with Gasteiger partial charge in [0.2, 0.25) is 5.91 Å². The molecule has 8 heteroatoms. The van der Waals surface area contributed by atoms with Crippen LogP contribution in [-0.2, 0) is 11.3 Å². The van der Waals surface area contributed by atoms with Crippen molar-refractivity contribution < 1.29 is 9.72 Å². The molecule has 1 heterocycles. The highest BCUT2D eigenvalue weighted by molar-refractivity contribution is 5.78. The summed E-state index contributed by atoms with van der Waals surface area (Å²) in [6, 6.07) is 0. The highest BCUT2D eigenvalue weighted by Gasteiger charge is 2.23. The highest BCUT2D eigenvalue weighted by atomic mass is 16.6. The zero-order valence-electron chi connectivity index (χ0n) is 13.9. The minimum atomic E-state index is -0.430. The molecule has 1 N–H and O–H groups in total. The minimum absolute atomic E-state index is 0.0265. The number of rotatable bonds is 8. The molecule has 1 amide bonds. The van der Waals surface area contributed by atoms with E-state index in [0.29, 0.717) is 24.5 Å². The van der Waals surface area contributed by atoms with Crippen LogP contribution in [0.15, 0.2) is 0 Å². The summed E-state index contributed by atoms with van der Waals surface area (Å²) in [6.45, 7) is 6.92. The Bertz CT molecular complexity index is 539. The maximum Gasteiger partial charge on any atom is 0.312 e. The van der Waals surface area contributed by atoms with Crippen LogP contribution in [0, 0.1) is 29.9 Å². The summed E-state index contributed by atoms with van der Waals surface area (Å²) in [5.74, 6) is -0.356. The maximum atomic E-state index is 12.0. The molecule has 8 nitrogen and oxygen atoms in total. The Balaban J connectivity index is 2.58. The summed E-state index contributed by atoms with van der Waals surface area (Å²) < 4.78 is 1.54. The predicted octanol–water partition coefficient (Wildman–Crippen LogP) is 1.11. The lowest BCUT2D eigenvalue weighted by molar-refractivity contribution is -0.386. The first-order valence-corrected chi connectivity index (χ1v) is 7.34. The smallest absolute Gasteiger partial charge is 0.312 e. The molecule has 1 aromatic rings. The van der Waals surface area contributed by atoms with Gasteiger partial charge in [-0.1, -0.05) is 6.92 Å². The topological polar surface area (TPSA) is 93.3 Å². The lowest BCUT2D eigenvalue weighted by Gasteiger charge is -2.14. The molecule has 0 bridgehead atoms. The van der Waals surface area contributed by atoms with Gasteiger partial charge in [0.1, 0.15) is 11.4 Å². The second-order valence-corrected chi connectivity index (χ2v) is 5.81. The summed E-state index contributed by atoms with van der Waals surface area (Å²) in [4.78, 5) is 24.6. The van der Waals surface area contributed by atoms with Crippen LogP contribution in [0.5, 0.6) is 0 Å². The fourth-order valence-corrected chi connectivity index (χ4v) is 2.25. The van der Waals surface area contributed by atoms with Gasteiger partial charge in [-0.3, -0.25) is 19.6 Å². The fourth-order valence-electron chi connectivity index (χ4n) is 2.25. The van der Waals surface area contributed by atoms with Crippen LogP contribution in [0.25, 0.3) is 0 Å². The average molecular weight is 311 g/mol. The van der Waals surface area contributed by atoms with Gasteiger partial charge in [0.25, 0.3) is 0 Å². The van der Waals surface area contributed by atoms with E-state index in [1.807, 2.05) is 14.1 Å². The van der Waals surface area contributed by atoms with Crippen molar-refractivity contribution >= 4 is 11.6 Å². The van der Waals surface area contributed by atoms with Gasteiger partial charge in [-0.25, -0.2) is 0 Å². The Morgan fingerprint density at radius 1 is 1.45 bits per heavy atom. The van der Waals surface area contributed by atoms with Crippen molar-refractivity contribution in [1.82, 2.24) is 20.0 Å². The van der Waals surface area contributed by atoms with Gasteiger partial charge in [0, 0.05) is 6.54 Å². The molecule has 1 rings (SSSR count). The van der Waals surface area contributed by atoms with Gasteiger partial charge in [0.15, 0.2) is 0 Å². The van der Waals surface area contributed by atoms with Crippen molar-refractivity contribution in [3.63, 3.8) is 0 Å². The molecule has 1 aromatic heterocycles. The summed E-state index contributed by atoms with van der Waals surface area (Å²) in [5, 5.41) is 18.0. The number of nitro groups is 1. The summed E-state index contributed by atoms with van der Waals surface area (Å²) >= 11 is 0. The highest BCUT2D eigenvalue weighted by Crippen LogP contribution is 2.22. The standard InChI is InChI=1S/C14H25N5O3/c1-10(14(20)15-7-6-8-17(4)5)9-18-12(3)13(19(21)22)11(2)16-18/h10H,6-9H2,1-5H3,(H,15,20). The monoisotopic (exact) mass is 311 g/mol. The number of nitrogens with one attached hydrogen (secondary N) is 1. The van der Waals surface area contributed by atoms with Gasteiger partial charge in [-0.2, -0.15) is 5.10 Å². The van der Waals surface area contributed by atoms with Gasteiger partial charge in [-0.15, -0.1) is 0 Å². The summed E-state index contributed by atoms with van der Waals surface area (Å²) in [7, 11) is 3.97. The van der Waals surface area contributed by atoms with E-state index in [2.05, 4.69) is 15.3 Å². The van der Waals surface area contributed by atoms with Crippen LogP contribution >= 0.6 is 0 Å². The summed E-state index contributed by atoms with van der Waals surface area (Å²) in [5.41, 5.74) is 0.884. The third-order valence-electron chi connectivity index (χ3n) is 3.50. The first kappa shape index (κ1) is 18.1. The van der Waals surface area contributed by atoms with Crippen molar-refractivity contribution in [1.29, 1.82) is 0 Å². The normalized spacial score (nSPS) is 12.5. The molecule has 0 aliphatic carbocycles.